The third-order valence-electron chi connectivity index (χ3n) is 3.48. The molecule has 0 unspecified atom stereocenters. The Hall–Kier alpha value is -2.28. The number of aliphatic carboxylic acids is 1. The predicted octanol–water partition coefficient (Wildman–Crippen LogP) is 4.08. The van der Waals surface area contributed by atoms with Crippen LogP contribution in [-0.2, 0) is 4.79 Å². The Morgan fingerprint density at radius 2 is 1.73 bits per heavy atom. The zero-order chi connectivity index (χ0) is 16.4. The van der Waals surface area contributed by atoms with Crippen LogP contribution in [0.3, 0.4) is 0 Å². The van der Waals surface area contributed by atoms with Crippen LogP contribution in [0, 0.1) is 11.3 Å². The number of benzene rings is 1. The maximum atomic E-state index is 10.8. The van der Waals surface area contributed by atoms with Gasteiger partial charge in [-0.05, 0) is 36.6 Å². The number of anilines is 1. The van der Waals surface area contributed by atoms with Crippen molar-refractivity contribution in [2.24, 2.45) is 0 Å². The molecule has 0 aliphatic carbocycles. The molecule has 0 spiro atoms. The zero-order valence-electron chi connectivity index (χ0n) is 13.4. The maximum Gasteiger partial charge on any atom is 0.346 e. The highest BCUT2D eigenvalue weighted by Gasteiger charge is 2.07. The first-order valence-electron chi connectivity index (χ1n) is 7.82. The Labute approximate surface area is 132 Å². The Morgan fingerprint density at radius 3 is 2.14 bits per heavy atom. The van der Waals surface area contributed by atoms with Gasteiger partial charge < -0.3 is 10.0 Å². The summed E-state index contributed by atoms with van der Waals surface area (Å²) in [6, 6.07) is 9.41. The molecule has 0 aliphatic rings. The van der Waals surface area contributed by atoms with Crippen molar-refractivity contribution in [2.75, 3.05) is 18.0 Å². The first kappa shape index (κ1) is 17.8. The highest BCUT2D eigenvalue weighted by atomic mass is 16.4. The number of nitriles is 1. The van der Waals surface area contributed by atoms with Crippen LogP contribution in [0.1, 0.15) is 45.1 Å². The van der Waals surface area contributed by atoms with Crippen LogP contribution in [0.15, 0.2) is 29.8 Å². The van der Waals surface area contributed by atoms with Crippen molar-refractivity contribution in [2.45, 2.75) is 39.5 Å². The smallest absolute Gasteiger partial charge is 0.346 e. The van der Waals surface area contributed by atoms with Crippen molar-refractivity contribution >= 4 is 17.7 Å². The summed E-state index contributed by atoms with van der Waals surface area (Å²) in [6.45, 7) is 6.43. The largest absolute Gasteiger partial charge is 0.477 e. The highest BCUT2D eigenvalue weighted by Crippen LogP contribution is 2.18. The van der Waals surface area contributed by atoms with Crippen LogP contribution < -0.4 is 4.90 Å². The highest BCUT2D eigenvalue weighted by molar-refractivity contribution is 5.96. The van der Waals surface area contributed by atoms with Gasteiger partial charge in [-0.1, -0.05) is 38.8 Å². The van der Waals surface area contributed by atoms with E-state index in [2.05, 4.69) is 18.7 Å². The van der Waals surface area contributed by atoms with Crippen LogP contribution in [0.2, 0.25) is 0 Å². The van der Waals surface area contributed by atoms with Gasteiger partial charge in [0.1, 0.15) is 11.6 Å². The van der Waals surface area contributed by atoms with Crippen LogP contribution >= 0.6 is 0 Å². The van der Waals surface area contributed by atoms with Gasteiger partial charge in [-0.3, -0.25) is 0 Å². The molecule has 0 saturated heterocycles. The van der Waals surface area contributed by atoms with E-state index in [1.165, 1.54) is 6.08 Å². The van der Waals surface area contributed by atoms with Gasteiger partial charge in [0, 0.05) is 18.8 Å². The van der Waals surface area contributed by atoms with E-state index >= 15 is 0 Å². The van der Waals surface area contributed by atoms with Gasteiger partial charge in [0.25, 0.3) is 0 Å². The monoisotopic (exact) mass is 300 g/mol. The molecule has 4 nitrogen and oxygen atoms in total. The Morgan fingerprint density at radius 1 is 1.18 bits per heavy atom. The topological polar surface area (TPSA) is 64.3 Å². The molecular formula is C18H24N2O2. The minimum Gasteiger partial charge on any atom is -0.477 e. The van der Waals surface area contributed by atoms with E-state index < -0.39 is 5.97 Å². The number of carbonyl (C=O) groups is 1. The molecule has 4 heteroatoms. The van der Waals surface area contributed by atoms with E-state index in [1.807, 2.05) is 24.3 Å². The normalized spacial score (nSPS) is 11.0. The summed E-state index contributed by atoms with van der Waals surface area (Å²) in [7, 11) is 0. The van der Waals surface area contributed by atoms with Crippen molar-refractivity contribution in [1.82, 2.24) is 0 Å². The van der Waals surface area contributed by atoms with E-state index in [1.54, 1.807) is 6.07 Å². The van der Waals surface area contributed by atoms with E-state index in [9.17, 15) is 4.79 Å². The molecule has 22 heavy (non-hydrogen) atoms. The fourth-order valence-corrected chi connectivity index (χ4v) is 2.16. The molecule has 0 bridgehead atoms. The molecule has 0 radical (unpaired) electrons. The fraction of sp³-hybridized carbons (Fsp3) is 0.444. The molecule has 0 aliphatic heterocycles. The summed E-state index contributed by atoms with van der Waals surface area (Å²) < 4.78 is 0. The predicted molar refractivity (Wildman–Crippen MR) is 89.7 cm³/mol. The molecule has 0 amide bonds. The molecule has 1 aromatic rings. The number of unbranched alkanes of at least 4 members (excludes halogenated alkanes) is 2. The van der Waals surface area contributed by atoms with Gasteiger partial charge in [0.15, 0.2) is 0 Å². The number of carboxylic acid groups (broad SMARTS) is 1. The average molecular weight is 300 g/mol. The summed E-state index contributed by atoms with van der Waals surface area (Å²) in [6.07, 6.45) is 6.03. The van der Waals surface area contributed by atoms with Crippen molar-refractivity contribution in [3.05, 3.63) is 35.4 Å². The van der Waals surface area contributed by atoms with Gasteiger partial charge in [0.2, 0.25) is 0 Å². The summed E-state index contributed by atoms with van der Waals surface area (Å²) in [5.74, 6) is -1.20. The van der Waals surface area contributed by atoms with Gasteiger partial charge in [-0.25, -0.2) is 4.79 Å². The zero-order valence-corrected chi connectivity index (χ0v) is 13.4. The summed E-state index contributed by atoms with van der Waals surface area (Å²) in [4.78, 5) is 13.2. The van der Waals surface area contributed by atoms with E-state index in [0.29, 0.717) is 0 Å². The fourth-order valence-electron chi connectivity index (χ4n) is 2.16. The molecule has 0 aromatic heterocycles. The first-order valence-corrected chi connectivity index (χ1v) is 7.82. The lowest BCUT2D eigenvalue weighted by atomic mass is 10.1. The lowest BCUT2D eigenvalue weighted by Crippen LogP contribution is -2.25. The van der Waals surface area contributed by atoms with Crippen molar-refractivity contribution in [3.8, 4) is 6.07 Å². The molecule has 1 rings (SSSR count). The Bertz CT molecular complexity index is 533. The second kappa shape index (κ2) is 9.62. The van der Waals surface area contributed by atoms with Gasteiger partial charge in [-0.15, -0.1) is 0 Å². The number of hydrogen-bond donors (Lipinski definition) is 1. The van der Waals surface area contributed by atoms with Crippen LogP contribution in [0.4, 0.5) is 5.69 Å². The molecule has 0 saturated carbocycles. The molecule has 1 N–H and O–H groups in total. The van der Waals surface area contributed by atoms with E-state index in [4.69, 9.17) is 10.4 Å². The quantitative estimate of drug-likeness (QED) is 0.551. The average Bonchev–Trinajstić information content (AvgIpc) is 2.53. The third kappa shape index (κ3) is 5.61. The Balaban J connectivity index is 2.88. The number of hydrogen-bond acceptors (Lipinski definition) is 3. The van der Waals surface area contributed by atoms with Crippen molar-refractivity contribution in [3.63, 3.8) is 0 Å². The molecule has 0 atom stereocenters. The molecule has 118 valence electrons. The molecular weight excluding hydrogens is 276 g/mol. The van der Waals surface area contributed by atoms with Crippen LogP contribution in [-0.4, -0.2) is 24.2 Å². The van der Waals surface area contributed by atoms with Gasteiger partial charge in [-0.2, -0.15) is 5.26 Å². The summed E-state index contributed by atoms with van der Waals surface area (Å²) >= 11 is 0. The summed E-state index contributed by atoms with van der Waals surface area (Å²) in [5.41, 5.74) is 1.63. The lowest BCUT2D eigenvalue weighted by Gasteiger charge is -2.24. The SMILES string of the molecule is CCCCN(CCCC)c1ccc(/C=C(/C#N)C(=O)O)cc1. The number of nitrogens with zero attached hydrogens (tertiary/aromatic N) is 2. The first-order chi connectivity index (χ1) is 10.6. The van der Waals surface area contributed by atoms with Crippen LogP contribution in [0.5, 0.6) is 0 Å². The van der Waals surface area contributed by atoms with Gasteiger partial charge in [0.05, 0.1) is 0 Å². The molecule has 0 fully saturated rings. The van der Waals surface area contributed by atoms with Crippen molar-refractivity contribution in [1.29, 1.82) is 5.26 Å². The number of rotatable bonds is 9. The van der Waals surface area contributed by atoms with E-state index in [0.717, 1.165) is 50.0 Å². The molecule has 0 heterocycles. The summed E-state index contributed by atoms with van der Waals surface area (Å²) in [5, 5.41) is 17.7. The standard InChI is InChI=1S/C18H24N2O2/c1-3-5-11-20(12-6-4-2)17-9-7-15(8-10-17)13-16(14-19)18(21)22/h7-10,13H,3-6,11-12H2,1-2H3,(H,21,22)/b16-13-. The second-order valence-electron chi connectivity index (χ2n) is 5.26. The van der Waals surface area contributed by atoms with Crippen molar-refractivity contribution < 1.29 is 9.90 Å². The van der Waals surface area contributed by atoms with Gasteiger partial charge >= 0.3 is 5.97 Å². The molecule has 1 aromatic carbocycles. The van der Waals surface area contributed by atoms with Crippen LogP contribution in [0.25, 0.3) is 6.08 Å². The minimum absolute atomic E-state index is 0.249. The third-order valence-corrected chi connectivity index (χ3v) is 3.48. The number of carboxylic acids is 1. The lowest BCUT2D eigenvalue weighted by molar-refractivity contribution is -0.132. The second-order valence-corrected chi connectivity index (χ2v) is 5.26. The maximum absolute atomic E-state index is 10.8. The Kier molecular flexibility index (Phi) is 7.77. The van der Waals surface area contributed by atoms with E-state index in [-0.39, 0.29) is 5.57 Å². The minimum atomic E-state index is -1.20.